The molecule has 5 heteroatoms. The number of carbonyl (C=O) groups is 1. The Morgan fingerprint density at radius 1 is 1.50 bits per heavy atom. The van der Waals surface area contributed by atoms with E-state index in [1.54, 1.807) is 12.3 Å². The zero-order valence-corrected chi connectivity index (χ0v) is 10.5. The predicted molar refractivity (Wildman–Crippen MR) is 68.1 cm³/mol. The number of carboxylic acid groups (broad SMARTS) is 1. The van der Waals surface area contributed by atoms with Gasteiger partial charge in [0.25, 0.3) is 0 Å². The van der Waals surface area contributed by atoms with Crippen LogP contribution in [0.3, 0.4) is 0 Å². The third-order valence-corrected chi connectivity index (χ3v) is 3.18. The third kappa shape index (κ3) is 2.98. The predicted octanol–water partition coefficient (Wildman–Crippen LogP) is 1.79. The van der Waals surface area contributed by atoms with Crippen LogP contribution in [0.15, 0.2) is 18.3 Å². The van der Waals surface area contributed by atoms with E-state index in [1.165, 1.54) is 0 Å². The van der Waals surface area contributed by atoms with E-state index in [0.29, 0.717) is 6.10 Å². The second-order valence-corrected chi connectivity index (χ2v) is 4.35. The molecule has 0 radical (unpaired) electrons. The number of carboxylic acids is 1. The van der Waals surface area contributed by atoms with Gasteiger partial charge in [-0.3, -0.25) is 0 Å². The Bertz CT molecular complexity index is 397. The quantitative estimate of drug-likeness (QED) is 0.882. The molecule has 2 heterocycles. The van der Waals surface area contributed by atoms with Gasteiger partial charge in [-0.1, -0.05) is 0 Å². The highest BCUT2D eigenvalue weighted by Crippen LogP contribution is 2.20. The van der Waals surface area contributed by atoms with E-state index in [1.807, 2.05) is 13.0 Å². The average molecular weight is 250 g/mol. The van der Waals surface area contributed by atoms with Gasteiger partial charge in [-0.25, -0.2) is 9.78 Å². The van der Waals surface area contributed by atoms with Crippen LogP contribution in [0.2, 0.25) is 0 Å². The number of hydrogen-bond acceptors (Lipinski definition) is 4. The van der Waals surface area contributed by atoms with E-state index in [4.69, 9.17) is 9.84 Å². The van der Waals surface area contributed by atoms with E-state index in [2.05, 4.69) is 9.88 Å². The van der Waals surface area contributed by atoms with E-state index in [0.717, 1.165) is 38.2 Å². The van der Waals surface area contributed by atoms with Gasteiger partial charge in [0.1, 0.15) is 5.69 Å². The van der Waals surface area contributed by atoms with Crippen molar-refractivity contribution in [3.8, 4) is 0 Å². The highest BCUT2D eigenvalue weighted by molar-refractivity contribution is 5.85. The van der Waals surface area contributed by atoms with Crippen LogP contribution in [0.4, 0.5) is 5.69 Å². The van der Waals surface area contributed by atoms with Crippen LogP contribution in [-0.4, -0.2) is 41.9 Å². The Hall–Kier alpha value is -1.62. The molecule has 1 N–H and O–H groups in total. The smallest absolute Gasteiger partial charge is 0.354 e. The van der Waals surface area contributed by atoms with Crippen LogP contribution in [0.1, 0.15) is 30.3 Å². The Labute approximate surface area is 106 Å². The lowest BCUT2D eigenvalue weighted by Gasteiger charge is -2.33. The van der Waals surface area contributed by atoms with Gasteiger partial charge in [-0.2, -0.15) is 0 Å². The van der Waals surface area contributed by atoms with Crippen LogP contribution in [0.5, 0.6) is 0 Å². The summed E-state index contributed by atoms with van der Waals surface area (Å²) in [5.74, 6) is -0.989. The summed E-state index contributed by atoms with van der Waals surface area (Å²) in [6.45, 7) is 4.64. The molecule has 1 aliphatic rings. The summed E-state index contributed by atoms with van der Waals surface area (Å²) < 4.78 is 5.60. The van der Waals surface area contributed by atoms with E-state index >= 15 is 0 Å². The minimum Gasteiger partial charge on any atom is -0.477 e. The number of pyridine rings is 1. The molecule has 0 unspecified atom stereocenters. The molecule has 1 saturated heterocycles. The molecule has 5 nitrogen and oxygen atoms in total. The van der Waals surface area contributed by atoms with Gasteiger partial charge in [0, 0.05) is 19.7 Å². The standard InChI is InChI=1S/C13H18N2O3/c1-2-18-11-5-7-15(8-6-11)10-3-4-12(13(16)17)14-9-10/h3-4,9,11H,2,5-8H2,1H3,(H,16,17). The molecule has 1 aliphatic heterocycles. The lowest BCUT2D eigenvalue weighted by molar-refractivity contribution is 0.0459. The first-order chi connectivity index (χ1) is 8.70. The maximum Gasteiger partial charge on any atom is 0.354 e. The molecule has 2 rings (SSSR count). The molecule has 0 aliphatic carbocycles. The molecule has 0 aromatic carbocycles. The summed E-state index contributed by atoms with van der Waals surface area (Å²) in [5, 5.41) is 8.79. The Morgan fingerprint density at radius 3 is 2.72 bits per heavy atom. The number of nitrogens with zero attached hydrogens (tertiary/aromatic N) is 2. The van der Waals surface area contributed by atoms with E-state index in [9.17, 15) is 4.79 Å². The van der Waals surface area contributed by atoms with Crippen molar-refractivity contribution in [2.45, 2.75) is 25.9 Å². The number of hydrogen-bond donors (Lipinski definition) is 1. The third-order valence-electron chi connectivity index (χ3n) is 3.18. The first-order valence-corrected chi connectivity index (χ1v) is 6.26. The number of ether oxygens (including phenoxy) is 1. The van der Waals surface area contributed by atoms with Crippen molar-refractivity contribution in [2.75, 3.05) is 24.6 Å². The first kappa shape index (κ1) is 12.8. The number of rotatable bonds is 4. The van der Waals surface area contributed by atoms with Gasteiger partial charge in [0.05, 0.1) is 18.0 Å². The normalized spacial score (nSPS) is 16.8. The van der Waals surface area contributed by atoms with Crippen molar-refractivity contribution in [3.63, 3.8) is 0 Å². The summed E-state index contributed by atoms with van der Waals surface area (Å²) in [6, 6.07) is 3.36. The van der Waals surface area contributed by atoms with Gasteiger partial charge in [-0.15, -0.1) is 0 Å². The van der Waals surface area contributed by atoms with Crippen molar-refractivity contribution in [1.82, 2.24) is 4.98 Å². The van der Waals surface area contributed by atoms with E-state index in [-0.39, 0.29) is 5.69 Å². The van der Waals surface area contributed by atoms with E-state index < -0.39 is 5.97 Å². The maximum absolute atomic E-state index is 10.7. The highest BCUT2D eigenvalue weighted by Gasteiger charge is 2.19. The molecule has 98 valence electrons. The number of aromatic nitrogens is 1. The van der Waals surface area contributed by atoms with Crippen molar-refractivity contribution in [1.29, 1.82) is 0 Å². The van der Waals surface area contributed by atoms with Crippen molar-refractivity contribution < 1.29 is 14.6 Å². The van der Waals surface area contributed by atoms with Gasteiger partial charge < -0.3 is 14.7 Å². The van der Waals surface area contributed by atoms with Crippen LogP contribution < -0.4 is 4.90 Å². The summed E-state index contributed by atoms with van der Waals surface area (Å²) in [6.07, 6.45) is 4.01. The maximum atomic E-state index is 10.7. The molecule has 1 aromatic rings. The molecule has 0 bridgehead atoms. The summed E-state index contributed by atoms with van der Waals surface area (Å²) in [5.41, 5.74) is 1.07. The number of aromatic carboxylic acids is 1. The average Bonchev–Trinajstić information content (AvgIpc) is 2.40. The first-order valence-electron chi connectivity index (χ1n) is 6.26. The molecule has 0 atom stereocenters. The second kappa shape index (κ2) is 5.82. The van der Waals surface area contributed by atoms with Crippen LogP contribution in [-0.2, 0) is 4.74 Å². The molecule has 0 amide bonds. The van der Waals surface area contributed by atoms with Crippen LogP contribution in [0.25, 0.3) is 0 Å². The largest absolute Gasteiger partial charge is 0.477 e. The fourth-order valence-corrected chi connectivity index (χ4v) is 2.22. The van der Waals surface area contributed by atoms with Crippen molar-refractivity contribution in [2.24, 2.45) is 0 Å². The summed E-state index contributed by atoms with van der Waals surface area (Å²) in [7, 11) is 0. The monoisotopic (exact) mass is 250 g/mol. The molecule has 1 fully saturated rings. The Morgan fingerprint density at radius 2 is 2.22 bits per heavy atom. The van der Waals surface area contributed by atoms with Crippen LogP contribution in [0, 0.1) is 0 Å². The fraction of sp³-hybridized carbons (Fsp3) is 0.538. The minimum atomic E-state index is -0.989. The summed E-state index contributed by atoms with van der Waals surface area (Å²) in [4.78, 5) is 16.9. The highest BCUT2D eigenvalue weighted by atomic mass is 16.5. The number of anilines is 1. The molecule has 0 saturated carbocycles. The Balaban J connectivity index is 1.95. The van der Waals surface area contributed by atoms with Crippen LogP contribution >= 0.6 is 0 Å². The fourth-order valence-electron chi connectivity index (χ4n) is 2.22. The molecule has 18 heavy (non-hydrogen) atoms. The van der Waals surface area contributed by atoms with Crippen molar-refractivity contribution in [3.05, 3.63) is 24.0 Å². The van der Waals surface area contributed by atoms with Crippen molar-refractivity contribution >= 4 is 11.7 Å². The Kier molecular flexibility index (Phi) is 4.15. The number of piperidine rings is 1. The van der Waals surface area contributed by atoms with Gasteiger partial charge >= 0.3 is 5.97 Å². The van der Waals surface area contributed by atoms with Gasteiger partial charge in [0.2, 0.25) is 0 Å². The SMILES string of the molecule is CCOC1CCN(c2ccc(C(=O)O)nc2)CC1. The molecule has 0 spiro atoms. The molecular weight excluding hydrogens is 232 g/mol. The van der Waals surface area contributed by atoms with Gasteiger partial charge in [-0.05, 0) is 31.9 Å². The molecule has 1 aromatic heterocycles. The summed E-state index contributed by atoms with van der Waals surface area (Å²) >= 11 is 0. The van der Waals surface area contributed by atoms with Gasteiger partial charge in [0.15, 0.2) is 0 Å². The lowest BCUT2D eigenvalue weighted by Crippen LogP contribution is -2.37. The zero-order valence-electron chi connectivity index (χ0n) is 10.5. The molecular formula is C13H18N2O3. The lowest BCUT2D eigenvalue weighted by atomic mass is 10.1. The topological polar surface area (TPSA) is 62.7 Å². The second-order valence-electron chi connectivity index (χ2n) is 4.35. The minimum absolute atomic E-state index is 0.0861. The zero-order chi connectivity index (χ0) is 13.0.